The number of imide groups is 1. The van der Waals surface area contributed by atoms with E-state index in [4.69, 9.17) is 5.11 Å². The fourth-order valence-electron chi connectivity index (χ4n) is 2.02. The molecule has 0 spiro atoms. The minimum absolute atomic E-state index is 0.0645. The SMILES string of the molecule is CC(CCCO)N1C(=O)c2ccncc2C1=O. The van der Waals surface area contributed by atoms with E-state index in [1.165, 1.54) is 17.3 Å². The highest BCUT2D eigenvalue weighted by Crippen LogP contribution is 2.24. The number of rotatable bonds is 4. The van der Waals surface area contributed by atoms with Crippen LogP contribution < -0.4 is 0 Å². The molecule has 90 valence electrons. The molecule has 1 aromatic rings. The van der Waals surface area contributed by atoms with Crippen molar-refractivity contribution in [2.75, 3.05) is 6.61 Å². The van der Waals surface area contributed by atoms with Gasteiger partial charge in [0.1, 0.15) is 0 Å². The molecular formula is C12H14N2O3. The topological polar surface area (TPSA) is 70.5 Å². The number of aliphatic hydroxyl groups is 1. The van der Waals surface area contributed by atoms with Crippen LogP contribution in [0.15, 0.2) is 18.5 Å². The van der Waals surface area contributed by atoms with Crippen LogP contribution in [0.5, 0.6) is 0 Å². The highest BCUT2D eigenvalue weighted by molar-refractivity contribution is 6.21. The van der Waals surface area contributed by atoms with Gasteiger partial charge in [-0.1, -0.05) is 0 Å². The van der Waals surface area contributed by atoms with Crippen molar-refractivity contribution in [2.45, 2.75) is 25.8 Å². The summed E-state index contributed by atoms with van der Waals surface area (Å²) in [5, 5.41) is 8.76. The molecule has 1 N–H and O–H groups in total. The van der Waals surface area contributed by atoms with Gasteiger partial charge in [-0.25, -0.2) is 0 Å². The van der Waals surface area contributed by atoms with E-state index in [9.17, 15) is 9.59 Å². The summed E-state index contributed by atoms with van der Waals surface area (Å²) >= 11 is 0. The van der Waals surface area contributed by atoms with Crippen molar-refractivity contribution in [1.29, 1.82) is 0 Å². The molecule has 0 aromatic carbocycles. The zero-order chi connectivity index (χ0) is 12.4. The Morgan fingerprint density at radius 2 is 2.06 bits per heavy atom. The smallest absolute Gasteiger partial charge is 0.263 e. The van der Waals surface area contributed by atoms with E-state index in [-0.39, 0.29) is 24.5 Å². The molecule has 17 heavy (non-hydrogen) atoms. The molecule has 1 aliphatic rings. The van der Waals surface area contributed by atoms with Gasteiger partial charge in [-0.2, -0.15) is 0 Å². The molecule has 0 radical (unpaired) electrons. The van der Waals surface area contributed by atoms with Gasteiger partial charge in [0, 0.05) is 25.0 Å². The Morgan fingerprint density at radius 1 is 1.35 bits per heavy atom. The first kappa shape index (κ1) is 11.7. The number of hydrogen-bond acceptors (Lipinski definition) is 4. The van der Waals surface area contributed by atoms with E-state index in [0.717, 1.165) is 0 Å². The Kier molecular flexibility index (Phi) is 3.19. The van der Waals surface area contributed by atoms with E-state index in [0.29, 0.717) is 24.0 Å². The maximum Gasteiger partial charge on any atom is 0.263 e. The number of fused-ring (bicyclic) bond motifs is 1. The summed E-state index contributed by atoms with van der Waals surface area (Å²) in [6.07, 6.45) is 4.11. The first-order valence-corrected chi connectivity index (χ1v) is 5.59. The van der Waals surface area contributed by atoms with Crippen molar-refractivity contribution >= 4 is 11.8 Å². The summed E-state index contributed by atoms with van der Waals surface area (Å²) in [6.45, 7) is 1.87. The fraction of sp³-hybridized carbons (Fsp3) is 0.417. The third-order valence-electron chi connectivity index (χ3n) is 2.94. The van der Waals surface area contributed by atoms with Crippen LogP contribution in [0.3, 0.4) is 0 Å². The zero-order valence-corrected chi connectivity index (χ0v) is 9.59. The lowest BCUT2D eigenvalue weighted by Gasteiger charge is -2.21. The van der Waals surface area contributed by atoms with Crippen LogP contribution in [0.4, 0.5) is 0 Å². The summed E-state index contributed by atoms with van der Waals surface area (Å²) in [7, 11) is 0. The standard InChI is InChI=1S/C12H14N2O3/c1-8(3-2-6-15)14-11(16)9-4-5-13-7-10(9)12(14)17/h4-5,7-8,15H,2-3,6H2,1H3. The number of aliphatic hydroxyl groups excluding tert-OH is 1. The zero-order valence-electron chi connectivity index (χ0n) is 9.59. The Hall–Kier alpha value is -1.75. The van der Waals surface area contributed by atoms with Crippen molar-refractivity contribution in [3.8, 4) is 0 Å². The summed E-state index contributed by atoms with van der Waals surface area (Å²) in [5.74, 6) is -0.554. The van der Waals surface area contributed by atoms with Crippen LogP contribution in [0, 0.1) is 0 Å². The highest BCUT2D eigenvalue weighted by atomic mass is 16.3. The Balaban J connectivity index is 2.24. The Bertz CT molecular complexity index is 424. The number of nitrogens with zero attached hydrogens (tertiary/aromatic N) is 2. The predicted octanol–water partition coefficient (Wildman–Crippen LogP) is 0.839. The van der Waals surface area contributed by atoms with E-state index in [1.807, 2.05) is 6.92 Å². The van der Waals surface area contributed by atoms with Crippen LogP contribution >= 0.6 is 0 Å². The van der Waals surface area contributed by atoms with Crippen LogP contribution in [0.25, 0.3) is 0 Å². The predicted molar refractivity (Wildman–Crippen MR) is 60.5 cm³/mol. The first-order chi connectivity index (χ1) is 8.16. The van der Waals surface area contributed by atoms with Crippen LogP contribution in [-0.2, 0) is 0 Å². The lowest BCUT2D eigenvalue weighted by atomic mass is 10.1. The summed E-state index contributed by atoms with van der Waals surface area (Å²) in [4.78, 5) is 29.2. The summed E-state index contributed by atoms with van der Waals surface area (Å²) < 4.78 is 0. The largest absolute Gasteiger partial charge is 0.396 e. The molecule has 0 fully saturated rings. The summed E-state index contributed by atoms with van der Waals surface area (Å²) in [5.41, 5.74) is 0.786. The molecule has 2 heterocycles. The number of amides is 2. The number of carbonyl (C=O) groups is 2. The van der Waals surface area contributed by atoms with Gasteiger partial charge >= 0.3 is 0 Å². The molecular weight excluding hydrogens is 220 g/mol. The van der Waals surface area contributed by atoms with Gasteiger partial charge in [0.25, 0.3) is 11.8 Å². The molecule has 0 saturated heterocycles. The van der Waals surface area contributed by atoms with Gasteiger partial charge in [-0.3, -0.25) is 19.5 Å². The van der Waals surface area contributed by atoms with Crippen molar-refractivity contribution < 1.29 is 14.7 Å². The minimum Gasteiger partial charge on any atom is -0.396 e. The minimum atomic E-state index is -0.288. The van der Waals surface area contributed by atoms with Crippen molar-refractivity contribution in [3.63, 3.8) is 0 Å². The molecule has 0 saturated carbocycles. The van der Waals surface area contributed by atoms with Crippen LogP contribution in [0.1, 0.15) is 40.5 Å². The summed E-state index contributed by atoms with van der Waals surface area (Å²) in [6, 6.07) is 1.36. The molecule has 1 atom stereocenters. The van der Waals surface area contributed by atoms with E-state index in [1.54, 1.807) is 6.07 Å². The van der Waals surface area contributed by atoms with Crippen molar-refractivity contribution in [3.05, 3.63) is 29.6 Å². The molecule has 1 aliphatic heterocycles. The number of aromatic nitrogens is 1. The average molecular weight is 234 g/mol. The average Bonchev–Trinajstić information content (AvgIpc) is 2.60. The highest BCUT2D eigenvalue weighted by Gasteiger charge is 2.38. The molecule has 0 aliphatic carbocycles. The van der Waals surface area contributed by atoms with Gasteiger partial charge in [0.2, 0.25) is 0 Å². The quantitative estimate of drug-likeness (QED) is 0.784. The molecule has 1 aromatic heterocycles. The molecule has 0 bridgehead atoms. The second-order valence-corrected chi connectivity index (χ2v) is 4.12. The molecule has 5 heteroatoms. The normalized spacial score (nSPS) is 16.2. The second-order valence-electron chi connectivity index (χ2n) is 4.12. The molecule has 5 nitrogen and oxygen atoms in total. The fourth-order valence-corrected chi connectivity index (χ4v) is 2.02. The van der Waals surface area contributed by atoms with Gasteiger partial charge in [-0.05, 0) is 25.8 Å². The van der Waals surface area contributed by atoms with Gasteiger partial charge in [0.15, 0.2) is 0 Å². The van der Waals surface area contributed by atoms with Gasteiger partial charge in [-0.15, -0.1) is 0 Å². The lowest BCUT2D eigenvalue weighted by molar-refractivity contribution is 0.0584. The van der Waals surface area contributed by atoms with E-state index >= 15 is 0 Å². The lowest BCUT2D eigenvalue weighted by Crippen LogP contribution is -2.38. The first-order valence-electron chi connectivity index (χ1n) is 5.59. The number of hydrogen-bond donors (Lipinski definition) is 1. The molecule has 1 unspecified atom stereocenters. The third-order valence-corrected chi connectivity index (χ3v) is 2.94. The molecule has 2 rings (SSSR count). The van der Waals surface area contributed by atoms with E-state index in [2.05, 4.69) is 4.98 Å². The monoisotopic (exact) mass is 234 g/mol. The number of pyridine rings is 1. The maximum absolute atomic E-state index is 12.0. The van der Waals surface area contributed by atoms with Gasteiger partial charge < -0.3 is 5.11 Å². The third kappa shape index (κ3) is 1.93. The van der Waals surface area contributed by atoms with Gasteiger partial charge in [0.05, 0.1) is 11.1 Å². The number of carbonyl (C=O) groups excluding carboxylic acids is 2. The van der Waals surface area contributed by atoms with Crippen molar-refractivity contribution in [2.24, 2.45) is 0 Å². The van der Waals surface area contributed by atoms with Crippen LogP contribution in [0.2, 0.25) is 0 Å². The van der Waals surface area contributed by atoms with Crippen LogP contribution in [-0.4, -0.2) is 39.5 Å². The molecule has 2 amide bonds. The van der Waals surface area contributed by atoms with E-state index < -0.39 is 0 Å². The Morgan fingerprint density at radius 3 is 2.71 bits per heavy atom. The maximum atomic E-state index is 12.0. The van der Waals surface area contributed by atoms with Crippen molar-refractivity contribution in [1.82, 2.24) is 9.88 Å². The Labute approximate surface area is 99.1 Å². The second kappa shape index (κ2) is 4.63.